The van der Waals surface area contributed by atoms with Crippen molar-refractivity contribution in [1.29, 1.82) is 0 Å². The van der Waals surface area contributed by atoms with E-state index in [1.165, 1.54) is 4.90 Å². The zero-order valence-electron chi connectivity index (χ0n) is 12.6. The highest BCUT2D eigenvalue weighted by atomic mass is 32.1. The topological polar surface area (TPSA) is 79.7 Å². The summed E-state index contributed by atoms with van der Waals surface area (Å²) in [7, 11) is 0. The Kier molecular flexibility index (Phi) is 4.88. The van der Waals surface area contributed by atoms with Gasteiger partial charge in [-0.3, -0.25) is 4.79 Å². The smallest absolute Gasteiger partial charge is 0.394 e. The normalized spacial score (nSPS) is 15.7. The minimum absolute atomic E-state index is 0.287. The first kappa shape index (κ1) is 15.9. The molecule has 0 radical (unpaired) electrons. The Bertz CT molecular complexity index is 709. The zero-order chi connectivity index (χ0) is 16.2. The lowest BCUT2D eigenvalue weighted by atomic mass is 9.99. The Morgan fingerprint density at radius 2 is 2.13 bits per heavy atom. The van der Waals surface area contributed by atoms with Crippen molar-refractivity contribution in [2.24, 2.45) is 5.92 Å². The molecule has 1 aliphatic heterocycles. The molecule has 1 saturated heterocycles. The van der Waals surface area contributed by atoms with Crippen molar-refractivity contribution in [3.05, 3.63) is 29.3 Å². The van der Waals surface area contributed by atoms with Crippen LogP contribution in [0.15, 0.2) is 23.7 Å². The molecule has 3 rings (SSSR count). The first-order chi connectivity index (χ1) is 11.1. The summed E-state index contributed by atoms with van der Waals surface area (Å²) < 4.78 is 6.40. The molecule has 23 heavy (non-hydrogen) atoms. The first-order valence-electron chi connectivity index (χ1n) is 7.55. The average molecular weight is 334 g/mol. The van der Waals surface area contributed by atoms with Crippen molar-refractivity contribution in [2.75, 3.05) is 19.8 Å². The molecule has 0 aliphatic carbocycles. The second kappa shape index (κ2) is 7.06. The summed E-state index contributed by atoms with van der Waals surface area (Å²) in [6.45, 7) is 2.08. The molecule has 1 amide bonds. The lowest BCUT2D eigenvalue weighted by Crippen LogP contribution is -2.40. The number of fused-ring (bicyclic) bond motifs is 1. The minimum atomic E-state index is -1.41. The number of aliphatic carboxylic acids is 1. The maximum atomic E-state index is 12.0. The monoisotopic (exact) mass is 334 g/mol. The highest BCUT2D eigenvalue weighted by molar-refractivity contribution is 7.16. The van der Waals surface area contributed by atoms with Crippen molar-refractivity contribution in [3.8, 4) is 0 Å². The molecule has 1 aromatic carbocycles. The molecule has 0 bridgehead atoms. The Labute approximate surface area is 137 Å². The highest BCUT2D eigenvalue weighted by Gasteiger charge is 2.25. The number of amides is 1. The van der Waals surface area contributed by atoms with Gasteiger partial charge >= 0.3 is 11.9 Å². The quantitative estimate of drug-likeness (QED) is 0.867. The zero-order valence-corrected chi connectivity index (χ0v) is 13.4. The molecule has 7 heteroatoms. The maximum Gasteiger partial charge on any atom is 0.394 e. The fourth-order valence-electron chi connectivity index (χ4n) is 2.82. The molecule has 0 atom stereocenters. The summed E-state index contributed by atoms with van der Waals surface area (Å²) in [4.78, 5) is 28.8. The van der Waals surface area contributed by atoms with E-state index in [4.69, 9.17) is 9.84 Å². The van der Waals surface area contributed by atoms with Crippen molar-refractivity contribution in [2.45, 2.75) is 19.4 Å². The number of rotatable bonds is 4. The van der Waals surface area contributed by atoms with E-state index in [0.29, 0.717) is 19.8 Å². The van der Waals surface area contributed by atoms with Crippen molar-refractivity contribution in [1.82, 2.24) is 9.88 Å². The third kappa shape index (κ3) is 3.86. The molecule has 0 spiro atoms. The summed E-state index contributed by atoms with van der Waals surface area (Å²) >= 11 is 1.55. The lowest BCUT2D eigenvalue weighted by Gasteiger charge is -2.29. The first-order valence-corrected chi connectivity index (χ1v) is 8.43. The van der Waals surface area contributed by atoms with E-state index in [2.05, 4.69) is 4.98 Å². The van der Waals surface area contributed by atoms with Crippen LogP contribution >= 0.6 is 11.3 Å². The van der Waals surface area contributed by atoms with Gasteiger partial charge in [0.2, 0.25) is 0 Å². The second-order valence-corrected chi connectivity index (χ2v) is 6.59. The van der Waals surface area contributed by atoms with Crippen LogP contribution in [-0.2, 0) is 20.9 Å². The van der Waals surface area contributed by atoms with Gasteiger partial charge in [0.1, 0.15) is 0 Å². The van der Waals surface area contributed by atoms with Gasteiger partial charge in [0, 0.05) is 26.3 Å². The second-order valence-electron chi connectivity index (χ2n) is 5.70. The molecule has 122 valence electrons. The summed E-state index contributed by atoms with van der Waals surface area (Å²) in [5.74, 6) is -1.98. The van der Waals surface area contributed by atoms with E-state index in [1.807, 2.05) is 18.2 Å². The Balaban J connectivity index is 1.76. The maximum absolute atomic E-state index is 12.0. The van der Waals surface area contributed by atoms with E-state index in [-0.39, 0.29) is 12.5 Å². The van der Waals surface area contributed by atoms with Gasteiger partial charge in [0.05, 0.1) is 15.7 Å². The number of carbonyl (C=O) groups excluding carboxylic acids is 1. The number of carbonyl (C=O) groups is 2. The summed E-state index contributed by atoms with van der Waals surface area (Å²) in [5, 5.41) is 9.07. The van der Waals surface area contributed by atoms with Gasteiger partial charge in [-0.25, -0.2) is 9.78 Å². The molecule has 0 unspecified atom stereocenters. The number of nitrogens with zero attached hydrogens (tertiary/aromatic N) is 2. The number of ether oxygens (including phenoxy) is 1. The van der Waals surface area contributed by atoms with Gasteiger partial charge in [-0.05, 0) is 36.5 Å². The third-order valence-corrected chi connectivity index (χ3v) is 4.87. The van der Waals surface area contributed by atoms with Crippen LogP contribution < -0.4 is 0 Å². The van der Waals surface area contributed by atoms with Crippen molar-refractivity contribution < 1.29 is 19.4 Å². The third-order valence-electron chi connectivity index (χ3n) is 4.06. The molecule has 2 aromatic rings. The molecule has 1 aromatic heterocycles. The van der Waals surface area contributed by atoms with Crippen molar-refractivity contribution in [3.63, 3.8) is 0 Å². The number of hydrogen-bond donors (Lipinski definition) is 1. The van der Waals surface area contributed by atoms with Crippen LogP contribution in [-0.4, -0.2) is 46.6 Å². The number of thiazole rings is 1. The van der Waals surface area contributed by atoms with Gasteiger partial charge < -0.3 is 14.7 Å². The molecule has 1 aliphatic rings. The van der Waals surface area contributed by atoms with Crippen LogP contribution in [0, 0.1) is 5.92 Å². The minimum Gasteiger partial charge on any atom is -0.474 e. The van der Waals surface area contributed by atoms with Crippen LogP contribution in [0.4, 0.5) is 0 Å². The number of hydrogen-bond acceptors (Lipinski definition) is 5. The van der Waals surface area contributed by atoms with E-state index in [0.717, 1.165) is 28.6 Å². The van der Waals surface area contributed by atoms with Gasteiger partial charge in [0.25, 0.3) is 0 Å². The van der Waals surface area contributed by atoms with E-state index in [1.54, 1.807) is 16.8 Å². The largest absolute Gasteiger partial charge is 0.474 e. The number of carboxylic acids is 1. The number of benzene rings is 1. The van der Waals surface area contributed by atoms with Gasteiger partial charge in [-0.15, -0.1) is 11.3 Å². The Hall–Kier alpha value is -1.99. The predicted molar refractivity (Wildman–Crippen MR) is 86.2 cm³/mol. The van der Waals surface area contributed by atoms with Gasteiger partial charge in [-0.2, -0.15) is 0 Å². The molecular weight excluding hydrogens is 316 g/mol. The van der Waals surface area contributed by atoms with Crippen molar-refractivity contribution >= 4 is 33.4 Å². The molecule has 1 fully saturated rings. The van der Waals surface area contributed by atoms with Gasteiger partial charge in [0.15, 0.2) is 0 Å². The molecule has 0 saturated carbocycles. The molecule has 1 N–H and O–H groups in total. The Morgan fingerprint density at radius 1 is 1.35 bits per heavy atom. The molecular formula is C16H18N2O4S. The van der Waals surface area contributed by atoms with E-state index in [9.17, 15) is 9.59 Å². The van der Waals surface area contributed by atoms with E-state index < -0.39 is 11.9 Å². The van der Waals surface area contributed by atoms with Gasteiger partial charge in [-0.1, -0.05) is 6.07 Å². The summed E-state index contributed by atoms with van der Waals surface area (Å²) in [6.07, 6.45) is 1.71. The highest BCUT2D eigenvalue weighted by Crippen LogP contribution is 2.21. The van der Waals surface area contributed by atoms with Crippen LogP contribution in [0.5, 0.6) is 0 Å². The van der Waals surface area contributed by atoms with Crippen LogP contribution in [0.2, 0.25) is 0 Å². The number of aromatic nitrogens is 1. The Morgan fingerprint density at radius 3 is 2.87 bits per heavy atom. The fraction of sp³-hybridized carbons (Fsp3) is 0.438. The van der Waals surface area contributed by atoms with Crippen LogP contribution in [0.3, 0.4) is 0 Å². The van der Waals surface area contributed by atoms with Crippen LogP contribution in [0.25, 0.3) is 10.2 Å². The lowest BCUT2D eigenvalue weighted by molar-refractivity contribution is -0.156. The number of carboxylic acid groups (broad SMARTS) is 1. The summed E-state index contributed by atoms with van der Waals surface area (Å²) in [5.41, 5.74) is 3.54. The average Bonchev–Trinajstić information content (AvgIpc) is 3.02. The molecule has 6 nitrogen and oxygen atoms in total. The summed E-state index contributed by atoms with van der Waals surface area (Å²) in [6, 6.07) is 5.80. The fourth-order valence-corrected chi connectivity index (χ4v) is 3.48. The SMILES string of the molecule is O=C(O)C(=O)N(Cc1ccc2scnc2c1)CC1CCOCC1. The molecule has 2 heterocycles. The predicted octanol–water partition coefficient (Wildman–Crippen LogP) is 2.14. The standard InChI is InChI=1S/C16H18N2O4S/c19-15(16(20)21)18(8-11-3-5-22-6-4-11)9-12-1-2-14-13(7-12)17-10-23-14/h1-2,7,10-11H,3-6,8-9H2,(H,20,21). The van der Waals surface area contributed by atoms with E-state index >= 15 is 0 Å². The van der Waals surface area contributed by atoms with Crippen LogP contribution in [0.1, 0.15) is 18.4 Å².